The monoisotopic (exact) mass is 408 g/mol. The Morgan fingerprint density at radius 3 is 2.36 bits per heavy atom. The Bertz CT molecular complexity index is 933. The second-order valence-corrected chi connectivity index (χ2v) is 8.53. The molecule has 28 heavy (non-hydrogen) atoms. The van der Waals surface area contributed by atoms with Gasteiger partial charge in [0.25, 0.3) is 0 Å². The second kappa shape index (κ2) is 9.05. The van der Waals surface area contributed by atoms with Gasteiger partial charge in [-0.15, -0.1) is 0 Å². The van der Waals surface area contributed by atoms with E-state index in [2.05, 4.69) is 5.32 Å². The molecule has 0 heterocycles. The minimum atomic E-state index is -3.88. The van der Waals surface area contributed by atoms with Crippen molar-refractivity contribution in [2.45, 2.75) is 32.9 Å². The number of para-hydroxylation sites is 2. The molecule has 1 amide bonds. The number of hydrogen-bond donors (Lipinski definition) is 1. The predicted molar refractivity (Wildman–Crippen MR) is 107 cm³/mol. The van der Waals surface area contributed by atoms with Crippen molar-refractivity contribution in [1.29, 1.82) is 0 Å². The first-order valence-electron chi connectivity index (χ1n) is 8.84. The summed E-state index contributed by atoms with van der Waals surface area (Å²) < 4.78 is 45.1. The largest absolute Gasteiger partial charge is 0.491 e. The maximum absolute atomic E-state index is 14.1. The average molecular weight is 408 g/mol. The van der Waals surface area contributed by atoms with Crippen molar-refractivity contribution >= 4 is 21.6 Å². The summed E-state index contributed by atoms with van der Waals surface area (Å²) in [5.41, 5.74) is 0.800. The number of sulfonamides is 1. The van der Waals surface area contributed by atoms with Crippen LogP contribution in [0.3, 0.4) is 0 Å². The van der Waals surface area contributed by atoms with E-state index in [1.807, 2.05) is 31.2 Å². The Hall–Kier alpha value is -2.61. The molecule has 8 heteroatoms. The van der Waals surface area contributed by atoms with Crippen molar-refractivity contribution in [3.63, 3.8) is 0 Å². The fraction of sp³-hybridized carbons (Fsp3) is 0.350. The number of benzene rings is 2. The number of rotatable bonds is 8. The molecular weight excluding hydrogens is 383 g/mol. The topological polar surface area (TPSA) is 75.7 Å². The molecule has 2 aromatic carbocycles. The first kappa shape index (κ1) is 21.7. The molecule has 0 bridgehead atoms. The maximum atomic E-state index is 14.1. The van der Waals surface area contributed by atoms with E-state index in [9.17, 15) is 17.6 Å². The minimum absolute atomic E-state index is 0.170. The molecule has 2 rings (SSSR count). The number of carbonyl (C=O) groups is 1. The average Bonchev–Trinajstić information content (AvgIpc) is 2.61. The third-order valence-corrected chi connectivity index (χ3v) is 5.38. The lowest BCUT2D eigenvalue weighted by Crippen LogP contribution is -2.51. The molecule has 0 unspecified atom stereocenters. The van der Waals surface area contributed by atoms with Gasteiger partial charge in [-0.2, -0.15) is 0 Å². The summed E-state index contributed by atoms with van der Waals surface area (Å²) >= 11 is 0. The minimum Gasteiger partial charge on any atom is -0.491 e. The van der Waals surface area contributed by atoms with E-state index >= 15 is 0 Å². The van der Waals surface area contributed by atoms with E-state index in [1.54, 1.807) is 6.92 Å². The van der Waals surface area contributed by atoms with Crippen LogP contribution in [0.1, 0.15) is 19.4 Å². The van der Waals surface area contributed by atoms with Gasteiger partial charge in [0, 0.05) is 0 Å². The number of nitrogens with one attached hydrogen (secondary N) is 1. The number of aryl methyl sites for hydroxylation is 1. The van der Waals surface area contributed by atoms with Crippen LogP contribution in [-0.4, -0.2) is 39.3 Å². The van der Waals surface area contributed by atoms with Gasteiger partial charge in [0.15, 0.2) is 0 Å². The number of amides is 1. The SMILES string of the molecule is Cc1ccccc1OC[C@H](C)NC(=O)[C@@H](C)N(c1ccccc1F)S(C)(=O)=O. The molecule has 0 aliphatic heterocycles. The van der Waals surface area contributed by atoms with Crippen LogP contribution in [0.4, 0.5) is 10.1 Å². The van der Waals surface area contributed by atoms with Crippen LogP contribution in [0, 0.1) is 12.7 Å². The van der Waals surface area contributed by atoms with Crippen molar-refractivity contribution in [2.24, 2.45) is 0 Å². The van der Waals surface area contributed by atoms with Crippen LogP contribution in [0.15, 0.2) is 48.5 Å². The highest BCUT2D eigenvalue weighted by molar-refractivity contribution is 7.92. The zero-order chi connectivity index (χ0) is 20.9. The zero-order valence-electron chi connectivity index (χ0n) is 16.3. The molecule has 0 saturated carbocycles. The van der Waals surface area contributed by atoms with E-state index < -0.39 is 27.8 Å². The van der Waals surface area contributed by atoms with E-state index in [1.165, 1.54) is 25.1 Å². The molecule has 0 radical (unpaired) electrons. The van der Waals surface area contributed by atoms with E-state index in [4.69, 9.17) is 4.74 Å². The normalized spacial score (nSPS) is 13.5. The quantitative estimate of drug-likeness (QED) is 0.729. The van der Waals surface area contributed by atoms with E-state index in [0.717, 1.165) is 22.2 Å². The zero-order valence-corrected chi connectivity index (χ0v) is 17.2. The molecule has 2 atom stereocenters. The van der Waals surface area contributed by atoms with Crippen LogP contribution in [-0.2, 0) is 14.8 Å². The molecule has 152 valence electrons. The smallest absolute Gasteiger partial charge is 0.243 e. The Kier molecular flexibility index (Phi) is 7.01. The van der Waals surface area contributed by atoms with Crippen LogP contribution in [0.25, 0.3) is 0 Å². The summed E-state index contributed by atoms with van der Waals surface area (Å²) in [6.07, 6.45) is 0.938. The number of ether oxygens (including phenoxy) is 1. The van der Waals surface area contributed by atoms with Gasteiger partial charge in [0.05, 0.1) is 18.0 Å². The highest BCUT2D eigenvalue weighted by Crippen LogP contribution is 2.24. The van der Waals surface area contributed by atoms with Crippen molar-refractivity contribution in [2.75, 3.05) is 17.2 Å². The molecule has 0 aliphatic rings. The van der Waals surface area contributed by atoms with Crippen molar-refractivity contribution in [3.8, 4) is 5.75 Å². The number of halogens is 1. The van der Waals surface area contributed by atoms with Crippen molar-refractivity contribution in [3.05, 3.63) is 59.9 Å². The Labute approximate surface area is 165 Å². The Balaban J connectivity index is 2.08. The Morgan fingerprint density at radius 1 is 1.14 bits per heavy atom. The molecule has 6 nitrogen and oxygen atoms in total. The fourth-order valence-corrected chi connectivity index (χ4v) is 3.93. The summed E-state index contributed by atoms with van der Waals surface area (Å²) in [6, 6.07) is 11.4. The van der Waals surface area contributed by atoms with Gasteiger partial charge >= 0.3 is 0 Å². The van der Waals surface area contributed by atoms with Crippen LogP contribution in [0.5, 0.6) is 5.75 Å². The van der Waals surface area contributed by atoms with Crippen LogP contribution < -0.4 is 14.4 Å². The lowest BCUT2D eigenvalue weighted by atomic mass is 10.2. The van der Waals surface area contributed by atoms with Gasteiger partial charge in [0.2, 0.25) is 15.9 Å². The van der Waals surface area contributed by atoms with Crippen molar-refractivity contribution in [1.82, 2.24) is 5.32 Å². The van der Waals surface area contributed by atoms with E-state index in [0.29, 0.717) is 5.75 Å². The lowest BCUT2D eigenvalue weighted by molar-refractivity contribution is -0.122. The summed E-state index contributed by atoms with van der Waals surface area (Å²) in [5, 5.41) is 2.72. The number of hydrogen-bond acceptors (Lipinski definition) is 4. The summed E-state index contributed by atoms with van der Waals surface area (Å²) in [7, 11) is -3.88. The van der Waals surface area contributed by atoms with Gasteiger partial charge in [-0.25, -0.2) is 12.8 Å². The predicted octanol–water partition coefficient (Wildman–Crippen LogP) is 2.87. The van der Waals surface area contributed by atoms with Crippen molar-refractivity contribution < 1.29 is 22.3 Å². The maximum Gasteiger partial charge on any atom is 0.243 e. The summed E-state index contributed by atoms with van der Waals surface area (Å²) in [4.78, 5) is 12.6. The number of nitrogens with zero attached hydrogens (tertiary/aromatic N) is 1. The van der Waals surface area contributed by atoms with Crippen LogP contribution >= 0.6 is 0 Å². The molecule has 1 N–H and O–H groups in total. The first-order chi connectivity index (χ1) is 13.1. The number of carbonyl (C=O) groups excluding carboxylic acids is 1. The molecular formula is C20H25FN2O4S. The highest BCUT2D eigenvalue weighted by atomic mass is 32.2. The first-order valence-corrected chi connectivity index (χ1v) is 10.7. The third kappa shape index (κ3) is 5.45. The van der Waals surface area contributed by atoms with Crippen LogP contribution in [0.2, 0.25) is 0 Å². The summed E-state index contributed by atoms with van der Waals surface area (Å²) in [6.45, 7) is 5.29. The highest BCUT2D eigenvalue weighted by Gasteiger charge is 2.31. The molecule has 0 aliphatic carbocycles. The van der Waals surface area contributed by atoms with E-state index in [-0.39, 0.29) is 18.3 Å². The fourth-order valence-electron chi connectivity index (χ4n) is 2.75. The van der Waals surface area contributed by atoms with Gasteiger partial charge in [-0.05, 0) is 44.5 Å². The molecule has 0 spiro atoms. The van der Waals surface area contributed by atoms with Gasteiger partial charge < -0.3 is 10.1 Å². The lowest BCUT2D eigenvalue weighted by Gasteiger charge is -2.29. The Morgan fingerprint density at radius 2 is 1.75 bits per heavy atom. The summed E-state index contributed by atoms with van der Waals surface area (Å²) in [5.74, 6) is -0.557. The second-order valence-electron chi connectivity index (χ2n) is 6.67. The third-order valence-electron chi connectivity index (χ3n) is 4.15. The number of anilines is 1. The molecule has 0 fully saturated rings. The van der Waals surface area contributed by atoms with Gasteiger partial charge in [-0.3, -0.25) is 9.10 Å². The van der Waals surface area contributed by atoms with Gasteiger partial charge in [-0.1, -0.05) is 30.3 Å². The standard InChI is InChI=1S/C20H25FN2O4S/c1-14-9-5-8-12-19(14)27-13-15(2)22-20(24)16(3)23(28(4,25)26)18-11-7-6-10-17(18)21/h5-12,15-16H,13H2,1-4H3,(H,22,24)/t15-,16+/m0/s1. The molecule has 2 aromatic rings. The molecule has 0 aromatic heterocycles. The molecule has 0 saturated heterocycles. The van der Waals surface area contributed by atoms with Gasteiger partial charge in [0.1, 0.15) is 24.2 Å².